The Morgan fingerprint density at radius 1 is 1.19 bits per heavy atom. The molecule has 1 N–H and O–H groups in total. The van der Waals surface area contributed by atoms with Crippen LogP contribution in [0.2, 0.25) is 0 Å². The molecule has 0 radical (unpaired) electrons. The Kier molecular flexibility index (Phi) is 6.67. The standard InChI is InChI=1S/C22H30N2O3/c1-3-4-16-27-19-12-11-18(17-10-9-15-23-20(17)19)24-21(25)22(26-2)13-7-5-6-8-14-22/h9-12,15H,3-8,13-14,16H2,1-2H3,(H,24,25). The zero-order valence-electron chi connectivity index (χ0n) is 16.4. The third-order valence-electron chi connectivity index (χ3n) is 5.45. The maximum Gasteiger partial charge on any atom is 0.256 e. The normalized spacial score (nSPS) is 16.7. The van der Waals surface area contributed by atoms with Crippen molar-refractivity contribution in [2.24, 2.45) is 0 Å². The molecular formula is C22H30N2O3. The maximum atomic E-state index is 13.1. The Labute approximate surface area is 161 Å². The fourth-order valence-electron chi connectivity index (χ4n) is 3.76. The number of aromatic nitrogens is 1. The van der Waals surface area contributed by atoms with Crippen LogP contribution in [-0.2, 0) is 9.53 Å². The third-order valence-corrected chi connectivity index (χ3v) is 5.45. The van der Waals surface area contributed by atoms with Crippen LogP contribution in [0.15, 0.2) is 30.5 Å². The predicted octanol–water partition coefficient (Wildman–Crippen LogP) is 5.09. The van der Waals surface area contributed by atoms with E-state index in [0.717, 1.165) is 73.7 Å². The Morgan fingerprint density at radius 2 is 1.96 bits per heavy atom. The van der Waals surface area contributed by atoms with Gasteiger partial charge in [-0.25, -0.2) is 0 Å². The van der Waals surface area contributed by atoms with Crippen molar-refractivity contribution in [3.05, 3.63) is 30.5 Å². The van der Waals surface area contributed by atoms with Crippen LogP contribution >= 0.6 is 0 Å². The summed E-state index contributed by atoms with van der Waals surface area (Å²) in [5.41, 5.74) is 0.798. The van der Waals surface area contributed by atoms with Gasteiger partial charge < -0.3 is 14.8 Å². The molecule has 27 heavy (non-hydrogen) atoms. The van der Waals surface area contributed by atoms with Crippen molar-refractivity contribution < 1.29 is 14.3 Å². The van der Waals surface area contributed by atoms with E-state index in [1.165, 1.54) is 0 Å². The fourth-order valence-corrected chi connectivity index (χ4v) is 3.76. The van der Waals surface area contributed by atoms with Gasteiger partial charge in [-0.3, -0.25) is 9.78 Å². The highest BCUT2D eigenvalue weighted by molar-refractivity contribution is 6.05. The number of unbranched alkanes of at least 4 members (excludes halogenated alkanes) is 1. The highest BCUT2D eigenvalue weighted by atomic mass is 16.5. The first-order valence-electron chi connectivity index (χ1n) is 10.1. The summed E-state index contributed by atoms with van der Waals surface area (Å²) in [4.78, 5) is 17.6. The monoisotopic (exact) mass is 370 g/mol. The van der Waals surface area contributed by atoms with Crippen LogP contribution in [-0.4, -0.2) is 30.2 Å². The van der Waals surface area contributed by atoms with Gasteiger partial charge in [0.25, 0.3) is 5.91 Å². The summed E-state index contributed by atoms with van der Waals surface area (Å²) >= 11 is 0. The lowest BCUT2D eigenvalue weighted by atomic mass is 9.93. The Hall–Kier alpha value is -2.14. The van der Waals surface area contributed by atoms with Crippen LogP contribution in [0.3, 0.4) is 0 Å². The van der Waals surface area contributed by atoms with Gasteiger partial charge in [-0.05, 0) is 43.5 Å². The molecule has 1 fully saturated rings. The molecule has 0 aliphatic heterocycles. The Balaban J connectivity index is 1.86. The summed E-state index contributed by atoms with van der Waals surface area (Å²) in [5.74, 6) is 0.699. The molecule has 3 rings (SSSR count). The lowest BCUT2D eigenvalue weighted by Gasteiger charge is -2.30. The van der Waals surface area contributed by atoms with E-state index in [1.54, 1.807) is 13.3 Å². The maximum absolute atomic E-state index is 13.1. The van der Waals surface area contributed by atoms with E-state index in [9.17, 15) is 4.79 Å². The summed E-state index contributed by atoms with van der Waals surface area (Å²) in [6.07, 6.45) is 9.74. The van der Waals surface area contributed by atoms with Crippen molar-refractivity contribution in [2.75, 3.05) is 19.0 Å². The number of rotatable bonds is 7. The van der Waals surface area contributed by atoms with Crippen LogP contribution < -0.4 is 10.1 Å². The molecule has 0 bridgehead atoms. The number of methoxy groups -OCH3 is 1. The molecule has 1 aliphatic carbocycles. The number of nitrogens with one attached hydrogen (secondary N) is 1. The summed E-state index contributed by atoms with van der Waals surface area (Å²) in [6.45, 7) is 2.80. The molecule has 1 aromatic carbocycles. The second kappa shape index (κ2) is 9.18. The molecule has 0 saturated heterocycles. The number of fused-ring (bicyclic) bond motifs is 1. The zero-order chi connectivity index (χ0) is 19.1. The number of hydrogen-bond donors (Lipinski definition) is 1. The molecule has 1 aromatic heterocycles. The fraction of sp³-hybridized carbons (Fsp3) is 0.545. The molecule has 5 heteroatoms. The van der Waals surface area contributed by atoms with E-state index in [-0.39, 0.29) is 5.91 Å². The zero-order valence-corrected chi connectivity index (χ0v) is 16.4. The molecule has 1 aliphatic rings. The molecule has 0 atom stereocenters. The topological polar surface area (TPSA) is 60.5 Å². The van der Waals surface area contributed by atoms with Gasteiger partial charge in [0.15, 0.2) is 0 Å². The van der Waals surface area contributed by atoms with Gasteiger partial charge in [0.05, 0.1) is 12.3 Å². The van der Waals surface area contributed by atoms with Crippen molar-refractivity contribution >= 4 is 22.5 Å². The Bertz CT molecular complexity index is 767. The summed E-state index contributed by atoms with van der Waals surface area (Å²) < 4.78 is 11.6. The van der Waals surface area contributed by atoms with Crippen LogP contribution in [0.1, 0.15) is 58.3 Å². The number of nitrogens with zero attached hydrogens (tertiary/aromatic N) is 1. The minimum absolute atomic E-state index is 0.0586. The Morgan fingerprint density at radius 3 is 2.67 bits per heavy atom. The van der Waals surface area contributed by atoms with E-state index in [0.29, 0.717) is 6.61 Å². The number of amides is 1. The molecular weight excluding hydrogens is 340 g/mol. The lowest BCUT2D eigenvalue weighted by Crippen LogP contribution is -2.44. The average molecular weight is 370 g/mol. The van der Waals surface area contributed by atoms with Crippen molar-refractivity contribution in [2.45, 2.75) is 63.9 Å². The van der Waals surface area contributed by atoms with E-state index >= 15 is 0 Å². The van der Waals surface area contributed by atoms with Gasteiger partial charge in [0.2, 0.25) is 0 Å². The van der Waals surface area contributed by atoms with E-state index in [4.69, 9.17) is 9.47 Å². The summed E-state index contributed by atoms with van der Waals surface area (Å²) in [7, 11) is 1.65. The minimum atomic E-state index is -0.735. The van der Waals surface area contributed by atoms with Gasteiger partial charge in [-0.15, -0.1) is 0 Å². The molecule has 2 aromatic rings. The van der Waals surface area contributed by atoms with Crippen LogP contribution in [0.25, 0.3) is 10.9 Å². The second-order valence-corrected chi connectivity index (χ2v) is 7.28. The summed E-state index contributed by atoms with van der Waals surface area (Å²) in [6, 6.07) is 7.65. The van der Waals surface area contributed by atoms with Gasteiger partial charge in [-0.2, -0.15) is 0 Å². The number of ether oxygens (including phenoxy) is 2. The van der Waals surface area contributed by atoms with E-state index in [2.05, 4.69) is 17.2 Å². The molecule has 5 nitrogen and oxygen atoms in total. The number of carbonyl (C=O) groups is 1. The van der Waals surface area contributed by atoms with Gasteiger partial charge in [0.1, 0.15) is 16.9 Å². The SMILES string of the molecule is CCCCOc1ccc(NC(=O)C2(OC)CCCCCC2)c2cccnc12. The minimum Gasteiger partial charge on any atom is -0.491 e. The molecule has 1 heterocycles. The lowest BCUT2D eigenvalue weighted by molar-refractivity contribution is -0.139. The molecule has 1 amide bonds. The van der Waals surface area contributed by atoms with Crippen molar-refractivity contribution in [1.29, 1.82) is 0 Å². The smallest absolute Gasteiger partial charge is 0.256 e. The van der Waals surface area contributed by atoms with E-state index < -0.39 is 5.60 Å². The second-order valence-electron chi connectivity index (χ2n) is 7.28. The summed E-state index contributed by atoms with van der Waals surface area (Å²) in [5, 5.41) is 4.00. The van der Waals surface area contributed by atoms with Crippen LogP contribution in [0.4, 0.5) is 5.69 Å². The van der Waals surface area contributed by atoms with Gasteiger partial charge >= 0.3 is 0 Å². The highest BCUT2D eigenvalue weighted by Gasteiger charge is 2.38. The van der Waals surface area contributed by atoms with Gasteiger partial charge in [0, 0.05) is 18.7 Å². The average Bonchev–Trinajstić information content (AvgIpc) is 2.96. The number of anilines is 1. The largest absolute Gasteiger partial charge is 0.491 e. The van der Waals surface area contributed by atoms with Crippen LogP contribution in [0, 0.1) is 0 Å². The quantitative estimate of drug-likeness (QED) is 0.545. The number of pyridine rings is 1. The molecule has 0 spiro atoms. The molecule has 0 unspecified atom stereocenters. The van der Waals surface area contributed by atoms with Crippen molar-refractivity contribution in [3.63, 3.8) is 0 Å². The first-order chi connectivity index (χ1) is 13.2. The molecule has 1 saturated carbocycles. The number of hydrogen-bond acceptors (Lipinski definition) is 4. The number of benzene rings is 1. The van der Waals surface area contributed by atoms with E-state index in [1.807, 2.05) is 24.3 Å². The van der Waals surface area contributed by atoms with Crippen molar-refractivity contribution in [3.8, 4) is 5.75 Å². The highest BCUT2D eigenvalue weighted by Crippen LogP contribution is 2.34. The molecule has 146 valence electrons. The first kappa shape index (κ1) is 19.6. The predicted molar refractivity (Wildman–Crippen MR) is 108 cm³/mol. The first-order valence-corrected chi connectivity index (χ1v) is 10.1. The van der Waals surface area contributed by atoms with Crippen molar-refractivity contribution in [1.82, 2.24) is 4.98 Å². The van der Waals surface area contributed by atoms with Gasteiger partial charge in [-0.1, -0.05) is 39.0 Å². The van der Waals surface area contributed by atoms with Crippen LogP contribution in [0.5, 0.6) is 5.75 Å². The number of carbonyl (C=O) groups excluding carboxylic acids is 1. The third kappa shape index (κ3) is 4.41.